The third kappa shape index (κ3) is 5.01. The van der Waals surface area contributed by atoms with Gasteiger partial charge >= 0.3 is 0 Å². The molecule has 0 fully saturated rings. The van der Waals surface area contributed by atoms with Gasteiger partial charge in [-0.2, -0.15) is 0 Å². The highest BCUT2D eigenvalue weighted by Crippen LogP contribution is 2.41. The van der Waals surface area contributed by atoms with Crippen LogP contribution in [0.2, 0.25) is 0 Å². The van der Waals surface area contributed by atoms with Gasteiger partial charge in [0.1, 0.15) is 23.3 Å². The first-order chi connectivity index (χ1) is 17.5. The smallest absolute Gasteiger partial charge is 0.251 e. The Kier molecular flexibility index (Phi) is 7.21. The largest absolute Gasteiger partial charge is 0.377 e. The Bertz CT molecular complexity index is 1350. The van der Waals surface area contributed by atoms with Crippen LogP contribution in [0.1, 0.15) is 47.0 Å². The summed E-state index contributed by atoms with van der Waals surface area (Å²) in [5.41, 5.74) is 5.19. The Labute approximate surface area is 217 Å². The lowest BCUT2D eigenvalue weighted by Gasteiger charge is -2.44. The molecule has 0 aliphatic carbocycles. The maximum atomic E-state index is 14.0. The predicted molar refractivity (Wildman–Crippen MR) is 143 cm³/mol. The highest BCUT2D eigenvalue weighted by Gasteiger charge is 2.31. The maximum absolute atomic E-state index is 14.0. The molecule has 8 heteroatoms. The van der Waals surface area contributed by atoms with Crippen LogP contribution in [0.5, 0.6) is 0 Å². The molecule has 0 saturated carbocycles. The molecule has 1 atom stereocenters. The molecular weight excluding hydrogens is 477 g/mol. The second-order valence-electron chi connectivity index (χ2n) is 9.56. The number of nitrogens with one attached hydrogen (secondary N) is 1. The molecule has 4 rings (SSSR count). The van der Waals surface area contributed by atoms with E-state index in [-0.39, 0.29) is 7.47 Å². The summed E-state index contributed by atoms with van der Waals surface area (Å²) in [7, 11) is 5.99. The van der Waals surface area contributed by atoms with Crippen LogP contribution in [0.25, 0.3) is 0 Å². The number of carbonyl (C=O) groups excluding carboxylic acids is 1. The molecule has 0 saturated heterocycles. The average molecular weight is 511 g/mol. The third-order valence-electron chi connectivity index (χ3n) is 7.05. The summed E-state index contributed by atoms with van der Waals surface area (Å²) < 4.78 is 41.3. The number of carbonyl (C=O) groups is 1. The zero-order chi connectivity index (χ0) is 27.0. The van der Waals surface area contributed by atoms with E-state index in [4.69, 9.17) is 0 Å². The van der Waals surface area contributed by atoms with E-state index in [0.29, 0.717) is 24.2 Å². The molecule has 0 aromatic heterocycles. The van der Waals surface area contributed by atoms with Gasteiger partial charge in [-0.1, -0.05) is 24.8 Å². The molecule has 0 radical (unpaired) electrons. The summed E-state index contributed by atoms with van der Waals surface area (Å²) in [6, 6.07) is 12.8. The number of fused-ring (bicyclic) bond motifs is 1. The van der Waals surface area contributed by atoms with Crippen LogP contribution in [0, 0.1) is 24.4 Å². The first kappa shape index (κ1) is 26.1. The number of anilines is 2. The van der Waals surface area contributed by atoms with Gasteiger partial charge in [0.15, 0.2) is 0 Å². The van der Waals surface area contributed by atoms with E-state index in [1.807, 2.05) is 33.3 Å². The number of hydrogen-bond acceptors (Lipinski definition) is 4. The van der Waals surface area contributed by atoms with Crippen LogP contribution in [-0.2, 0) is 13.1 Å². The van der Waals surface area contributed by atoms with E-state index < -0.39 is 35.5 Å². The lowest BCUT2D eigenvalue weighted by Crippen LogP contribution is -2.39. The first-order valence-electron chi connectivity index (χ1n) is 12.0. The monoisotopic (exact) mass is 510 g/mol. The van der Waals surface area contributed by atoms with Gasteiger partial charge in [-0.25, -0.2) is 13.2 Å². The van der Waals surface area contributed by atoms with Crippen molar-refractivity contribution in [3.05, 3.63) is 106 Å². The van der Waals surface area contributed by atoms with E-state index in [1.54, 1.807) is 12.1 Å². The standard InChI is InChI=1S/C29H31F3N4O.H2/c1-17-8-7-9-27(34(4)5)24(17)16-36-19(3)35(6)18(2)22-11-10-20(12-28(22)36)29(37)33-15-23-25(31)13-21(30)14-26(23)32;/h7-14,18H,3,15-16H2,1-2,4-6H3,(H,33,37);1H. The van der Waals surface area contributed by atoms with Crippen LogP contribution in [-0.4, -0.2) is 32.0 Å². The molecule has 1 aliphatic heterocycles. The van der Waals surface area contributed by atoms with Gasteiger partial charge < -0.3 is 20.0 Å². The van der Waals surface area contributed by atoms with Gasteiger partial charge in [-0.15, -0.1) is 0 Å². The van der Waals surface area contributed by atoms with Crippen molar-refractivity contribution < 1.29 is 19.4 Å². The number of halogens is 3. The Morgan fingerprint density at radius 3 is 2.41 bits per heavy atom. The lowest BCUT2D eigenvalue weighted by atomic mass is 9.97. The molecule has 0 bridgehead atoms. The fraction of sp³-hybridized carbons (Fsp3) is 0.276. The normalized spacial score (nSPS) is 15.0. The van der Waals surface area contributed by atoms with Gasteiger partial charge in [-0.05, 0) is 48.7 Å². The minimum atomic E-state index is -1.04. The zero-order valence-corrected chi connectivity index (χ0v) is 21.7. The van der Waals surface area contributed by atoms with Crippen LogP contribution < -0.4 is 15.1 Å². The van der Waals surface area contributed by atoms with Crippen molar-refractivity contribution in [3.63, 3.8) is 0 Å². The molecule has 1 aliphatic rings. The topological polar surface area (TPSA) is 38.8 Å². The molecule has 0 spiro atoms. The van der Waals surface area contributed by atoms with Gasteiger partial charge in [0.2, 0.25) is 0 Å². The number of aryl methyl sites for hydroxylation is 1. The highest BCUT2D eigenvalue weighted by molar-refractivity contribution is 5.95. The van der Waals surface area contributed by atoms with E-state index >= 15 is 0 Å². The Hall–Kier alpha value is -3.94. The van der Waals surface area contributed by atoms with Crippen LogP contribution in [0.3, 0.4) is 0 Å². The van der Waals surface area contributed by atoms with E-state index in [0.717, 1.165) is 33.9 Å². The van der Waals surface area contributed by atoms with Crippen molar-refractivity contribution in [2.45, 2.75) is 33.0 Å². The summed E-state index contributed by atoms with van der Waals surface area (Å²) in [5.74, 6) is -2.80. The molecule has 3 aromatic rings. The minimum Gasteiger partial charge on any atom is -0.377 e. The fourth-order valence-electron chi connectivity index (χ4n) is 4.69. The highest BCUT2D eigenvalue weighted by atomic mass is 19.1. The summed E-state index contributed by atoms with van der Waals surface area (Å²) in [6.45, 7) is 8.60. The average Bonchev–Trinajstić information content (AvgIpc) is 2.84. The minimum absolute atomic E-state index is 0. The molecule has 1 heterocycles. The number of nitrogens with zero attached hydrogens (tertiary/aromatic N) is 3. The van der Waals surface area contributed by atoms with Crippen molar-refractivity contribution >= 4 is 17.3 Å². The molecule has 5 nitrogen and oxygen atoms in total. The van der Waals surface area contributed by atoms with Gasteiger partial charge in [0.25, 0.3) is 5.91 Å². The van der Waals surface area contributed by atoms with Crippen molar-refractivity contribution in [1.82, 2.24) is 10.2 Å². The summed E-state index contributed by atoms with van der Waals surface area (Å²) in [5, 5.41) is 2.55. The molecule has 3 aromatic carbocycles. The van der Waals surface area contributed by atoms with E-state index in [2.05, 4.69) is 52.6 Å². The molecular formula is C29H33F3N4O. The van der Waals surface area contributed by atoms with Crippen molar-refractivity contribution in [1.29, 1.82) is 0 Å². The van der Waals surface area contributed by atoms with Crippen molar-refractivity contribution in [2.75, 3.05) is 30.9 Å². The van der Waals surface area contributed by atoms with Gasteiger partial charge in [-0.3, -0.25) is 4.79 Å². The van der Waals surface area contributed by atoms with Crippen LogP contribution in [0.4, 0.5) is 24.5 Å². The van der Waals surface area contributed by atoms with Gasteiger partial charge in [0.05, 0.1) is 12.6 Å². The molecule has 1 amide bonds. The summed E-state index contributed by atoms with van der Waals surface area (Å²) in [4.78, 5) is 19.2. The summed E-state index contributed by atoms with van der Waals surface area (Å²) >= 11 is 0. The molecule has 37 heavy (non-hydrogen) atoms. The van der Waals surface area contributed by atoms with Crippen molar-refractivity contribution in [2.24, 2.45) is 0 Å². The maximum Gasteiger partial charge on any atom is 0.251 e. The van der Waals surface area contributed by atoms with Crippen LogP contribution >= 0.6 is 0 Å². The quantitative estimate of drug-likeness (QED) is 0.433. The Morgan fingerprint density at radius 2 is 1.76 bits per heavy atom. The predicted octanol–water partition coefficient (Wildman–Crippen LogP) is 6.14. The lowest BCUT2D eigenvalue weighted by molar-refractivity contribution is 0.0950. The van der Waals surface area contributed by atoms with Gasteiger partial charge in [0, 0.05) is 63.7 Å². The van der Waals surface area contributed by atoms with E-state index in [1.165, 1.54) is 0 Å². The zero-order valence-electron chi connectivity index (χ0n) is 21.7. The first-order valence-corrected chi connectivity index (χ1v) is 12.0. The molecule has 1 unspecified atom stereocenters. The number of hydrogen-bond donors (Lipinski definition) is 1. The second-order valence-corrected chi connectivity index (χ2v) is 9.56. The number of rotatable bonds is 6. The summed E-state index contributed by atoms with van der Waals surface area (Å²) in [6.07, 6.45) is 0. The number of amides is 1. The SMILES string of the molecule is C=C1N(Cc2c(C)cccc2N(C)C)c2cc(C(=O)NCc3c(F)cc(F)cc3F)ccc2C(C)N1C.[HH]. The molecule has 196 valence electrons. The molecule has 1 N–H and O–H groups in total. The van der Waals surface area contributed by atoms with E-state index in [9.17, 15) is 18.0 Å². The van der Waals surface area contributed by atoms with Crippen molar-refractivity contribution in [3.8, 4) is 0 Å². The second kappa shape index (κ2) is 10.2. The fourth-order valence-corrected chi connectivity index (χ4v) is 4.69. The number of benzene rings is 3. The van der Waals surface area contributed by atoms with Crippen LogP contribution in [0.15, 0.2) is 60.9 Å². The Morgan fingerprint density at radius 1 is 1.08 bits per heavy atom. The third-order valence-corrected chi connectivity index (χ3v) is 7.05. The Balaban J connectivity index is 0.00000400.